The van der Waals surface area contributed by atoms with Crippen molar-refractivity contribution < 1.29 is 23.3 Å². The lowest BCUT2D eigenvalue weighted by atomic mass is 10.1. The Morgan fingerprint density at radius 1 is 1.43 bits per heavy atom. The molecular formula is C15H16ClNO5S. The molecule has 2 aromatic rings. The van der Waals surface area contributed by atoms with E-state index in [0.29, 0.717) is 22.9 Å². The maximum atomic E-state index is 12.3. The number of benzene rings is 1. The number of rotatable bonds is 3. The lowest BCUT2D eigenvalue weighted by molar-refractivity contribution is -0.699. The number of hydrogen-bond acceptors (Lipinski definition) is 5. The van der Waals surface area contributed by atoms with Gasteiger partial charge in [-0.3, -0.25) is 0 Å². The zero-order valence-electron chi connectivity index (χ0n) is 12.5. The maximum Gasteiger partial charge on any atom is 0.336 e. The monoisotopic (exact) mass is 357 g/mol. The van der Waals surface area contributed by atoms with Crippen LogP contribution < -0.4 is 16.0 Å². The molecule has 124 valence electrons. The summed E-state index contributed by atoms with van der Waals surface area (Å²) in [6.07, 6.45) is 0.554. The van der Waals surface area contributed by atoms with E-state index in [1.165, 1.54) is 12.1 Å². The van der Waals surface area contributed by atoms with Crippen molar-refractivity contribution in [2.75, 3.05) is 11.5 Å². The number of hydrogen-bond donors (Lipinski definition) is 1. The van der Waals surface area contributed by atoms with E-state index in [1.54, 1.807) is 12.2 Å². The second-order valence-corrected chi connectivity index (χ2v) is 8.53. The van der Waals surface area contributed by atoms with Crippen LogP contribution in [0.15, 0.2) is 21.3 Å². The fourth-order valence-corrected chi connectivity index (χ4v) is 4.95. The van der Waals surface area contributed by atoms with Crippen molar-refractivity contribution in [2.24, 2.45) is 0 Å². The van der Waals surface area contributed by atoms with Gasteiger partial charge < -0.3 is 14.8 Å². The summed E-state index contributed by atoms with van der Waals surface area (Å²) in [6.45, 7) is 1.97. The normalized spacial score (nSPS) is 20.2. The van der Waals surface area contributed by atoms with Gasteiger partial charge in [0.1, 0.15) is 23.9 Å². The Balaban J connectivity index is 1.99. The largest absolute Gasteiger partial charge is 0.871 e. The third-order valence-electron chi connectivity index (χ3n) is 4.17. The number of aryl methyl sites for hydroxylation is 1. The Kier molecular flexibility index (Phi) is 4.12. The number of halogens is 1. The number of fused-ring (bicyclic) bond motifs is 1. The third kappa shape index (κ3) is 3.22. The fourth-order valence-electron chi connectivity index (χ4n) is 2.94. The Morgan fingerprint density at radius 3 is 2.83 bits per heavy atom. The highest BCUT2D eigenvalue weighted by atomic mass is 35.5. The zero-order valence-corrected chi connectivity index (χ0v) is 14.0. The molecule has 0 aliphatic carbocycles. The van der Waals surface area contributed by atoms with Gasteiger partial charge in [-0.05, 0) is 18.6 Å². The second kappa shape index (κ2) is 5.81. The minimum atomic E-state index is -2.98. The van der Waals surface area contributed by atoms with Gasteiger partial charge in [0.2, 0.25) is 0 Å². The standard InChI is InChI=1S/C15H16ClNO5S/c1-8-4-13(18)22-15-10(8)5-12(16)14(19)11(15)6-17-9-2-3-23(20,21)7-9/h4-5,9,17,19H,2-3,6-7H2,1H3. The molecule has 1 unspecified atom stereocenters. The van der Waals surface area contributed by atoms with Gasteiger partial charge in [0, 0.05) is 28.5 Å². The van der Waals surface area contributed by atoms with Gasteiger partial charge in [0.25, 0.3) is 0 Å². The van der Waals surface area contributed by atoms with Crippen LogP contribution in [0.5, 0.6) is 5.75 Å². The molecule has 0 amide bonds. The van der Waals surface area contributed by atoms with Crippen LogP contribution in [0.2, 0.25) is 5.02 Å². The molecule has 1 aromatic heterocycles. The molecule has 23 heavy (non-hydrogen) atoms. The van der Waals surface area contributed by atoms with E-state index in [-0.39, 0.29) is 40.4 Å². The summed E-state index contributed by atoms with van der Waals surface area (Å²) in [5.74, 6) is -0.115. The summed E-state index contributed by atoms with van der Waals surface area (Å²) in [5.41, 5.74) is 0.698. The van der Waals surface area contributed by atoms with Crippen LogP contribution in [-0.4, -0.2) is 26.0 Å². The van der Waals surface area contributed by atoms with Gasteiger partial charge in [-0.25, -0.2) is 13.2 Å². The predicted octanol–water partition coefficient (Wildman–Crippen LogP) is 0.0789. The molecule has 1 fully saturated rings. The smallest absolute Gasteiger partial charge is 0.336 e. The molecule has 0 spiro atoms. The van der Waals surface area contributed by atoms with Crippen molar-refractivity contribution in [1.29, 1.82) is 0 Å². The topological polar surface area (TPSA) is 104 Å². The molecule has 1 aromatic carbocycles. The van der Waals surface area contributed by atoms with Crippen LogP contribution in [0.3, 0.4) is 0 Å². The van der Waals surface area contributed by atoms with E-state index >= 15 is 0 Å². The van der Waals surface area contributed by atoms with Crippen molar-refractivity contribution >= 4 is 32.4 Å². The quantitative estimate of drug-likeness (QED) is 0.783. The Hall–Kier alpha value is -1.57. The van der Waals surface area contributed by atoms with E-state index in [2.05, 4.69) is 0 Å². The summed E-state index contributed by atoms with van der Waals surface area (Å²) in [7, 11) is -2.98. The van der Waals surface area contributed by atoms with Crippen LogP contribution in [0.4, 0.5) is 0 Å². The van der Waals surface area contributed by atoms with Crippen molar-refractivity contribution in [3.8, 4) is 5.75 Å². The van der Waals surface area contributed by atoms with Gasteiger partial charge in [-0.15, -0.1) is 0 Å². The first-order chi connectivity index (χ1) is 10.8. The molecule has 1 atom stereocenters. The summed E-state index contributed by atoms with van der Waals surface area (Å²) in [5, 5.41) is 14.8. The summed E-state index contributed by atoms with van der Waals surface area (Å²) in [6, 6.07) is 2.76. The average Bonchev–Trinajstić information content (AvgIpc) is 2.80. The molecule has 3 rings (SSSR count). The molecule has 0 radical (unpaired) electrons. The van der Waals surface area contributed by atoms with E-state index in [0.717, 1.165) is 0 Å². The van der Waals surface area contributed by atoms with Crippen molar-refractivity contribution in [2.45, 2.75) is 25.9 Å². The Labute approximate surface area is 138 Å². The second-order valence-electron chi connectivity index (χ2n) is 5.89. The average molecular weight is 358 g/mol. The SMILES string of the molecule is Cc1cc(=O)oc2c(C[NH2+]C3CCS(=O)(=O)C3)c([O-])c(Cl)cc12. The Bertz CT molecular complexity index is 935. The highest BCUT2D eigenvalue weighted by molar-refractivity contribution is 7.91. The molecule has 2 heterocycles. The number of nitrogens with two attached hydrogens (primary N) is 1. The summed E-state index contributed by atoms with van der Waals surface area (Å²) in [4.78, 5) is 11.6. The first-order valence-corrected chi connectivity index (χ1v) is 9.43. The molecule has 0 saturated carbocycles. The zero-order chi connectivity index (χ0) is 16.8. The maximum absolute atomic E-state index is 12.3. The highest BCUT2D eigenvalue weighted by Gasteiger charge is 2.30. The van der Waals surface area contributed by atoms with Crippen molar-refractivity contribution in [3.63, 3.8) is 0 Å². The molecule has 1 aliphatic heterocycles. The van der Waals surface area contributed by atoms with Crippen LogP contribution in [0.1, 0.15) is 17.5 Å². The number of sulfone groups is 1. The minimum Gasteiger partial charge on any atom is -0.871 e. The first kappa shape index (κ1) is 16.3. The van der Waals surface area contributed by atoms with Crippen molar-refractivity contribution in [1.82, 2.24) is 0 Å². The van der Waals surface area contributed by atoms with E-state index < -0.39 is 15.5 Å². The molecule has 2 N–H and O–H groups in total. The third-order valence-corrected chi connectivity index (χ3v) is 6.24. The summed E-state index contributed by atoms with van der Waals surface area (Å²) < 4.78 is 28.2. The van der Waals surface area contributed by atoms with E-state index in [9.17, 15) is 18.3 Å². The van der Waals surface area contributed by atoms with E-state index in [4.69, 9.17) is 16.0 Å². The van der Waals surface area contributed by atoms with Crippen LogP contribution in [0.25, 0.3) is 11.0 Å². The van der Waals surface area contributed by atoms with Gasteiger partial charge in [0.05, 0.1) is 5.75 Å². The van der Waals surface area contributed by atoms with Crippen LogP contribution in [-0.2, 0) is 16.4 Å². The van der Waals surface area contributed by atoms with Crippen LogP contribution >= 0.6 is 11.6 Å². The van der Waals surface area contributed by atoms with Crippen molar-refractivity contribution in [3.05, 3.63) is 38.7 Å². The lowest BCUT2D eigenvalue weighted by Crippen LogP contribution is -2.89. The molecule has 8 heteroatoms. The predicted molar refractivity (Wildman–Crippen MR) is 84.4 cm³/mol. The summed E-state index contributed by atoms with van der Waals surface area (Å²) >= 11 is 6.00. The van der Waals surface area contributed by atoms with E-state index in [1.807, 2.05) is 0 Å². The fraction of sp³-hybridized carbons (Fsp3) is 0.400. The van der Waals surface area contributed by atoms with Crippen LogP contribution in [0, 0.1) is 6.92 Å². The molecule has 1 saturated heterocycles. The van der Waals surface area contributed by atoms with Gasteiger partial charge in [0.15, 0.2) is 9.84 Å². The van der Waals surface area contributed by atoms with Gasteiger partial charge >= 0.3 is 5.63 Å². The minimum absolute atomic E-state index is 0.0666. The lowest BCUT2D eigenvalue weighted by Gasteiger charge is -2.18. The highest BCUT2D eigenvalue weighted by Crippen LogP contribution is 2.32. The molecular weight excluding hydrogens is 342 g/mol. The van der Waals surface area contributed by atoms with Gasteiger partial charge in [-0.2, -0.15) is 0 Å². The Morgan fingerprint density at radius 2 is 2.17 bits per heavy atom. The van der Waals surface area contributed by atoms with Gasteiger partial charge in [-0.1, -0.05) is 17.4 Å². The molecule has 0 bridgehead atoms. The first-order valence-electron chi connectivity index (χ1n) is 7.23. The number of quaternary nitrogens is 1. The molecule has 6 nitrogen and oxygen atoms in total. The molecule has 1 aliphatic rings.